The van der Waals surface area contributed by atoms with Crippen LogP contribution in [0.2, 0.25) is 0 Å². The van der Waals surface area contributed by atoms with E-state index in [1.54, 1.807) is 31.4 Å². The van der Waals surface area contributed by atoms with Crippen LogP contribution < -0.4 is 4.74 Å². The maximum Gasteiger partial charge on any atom is 0.152 e. The molecule has 3 rings (SSSR count). The van der Waals surface area contributed by atoms with E-state index in [1.165, 1.54) is 0 Å². The van der Waals surface area contributed by atoms with Crippen molar-refractivity contribution in [3.8, 4) is 22.8 Å². The molecule has 0 aliphatic carbocycles. The van der Waals surface area contributed by atoms with Gasteiger partial charge in [0, 0.05) is 22.0 Å². The zero-order chi connectivity index (χ0) is 14.1. The minimum Gasteiger partial charge on any atom is -0.507 e. The Balaban J connectivity index is 2.31. The van der Waals surface area contributed by atoms with Gasteiger partial charge >= 0.3 is 0 Å². The fraction of sp³-hybridized carbons (Fsp3) is 0.0625. The second-order valence-corrected chi connectivity index (χ2v) is 4.46. The molecule has 2 aromatic carbocycles. The lowest BCUT2D eigenvalue weighted by molar-refractivity contribution is 0.112. The number of methoxy groups -OCH3 is 1. The van der Waals surface area contributed by atoms with E-state index < -0.39 is 0 Å². The van der Waals surface area contributed by atoms with E-state index in [2.05, 4.69) is 4.98 Å². The molecule has 0 saturated heterocycles. The van der Waals surface area contributed by atoms with Gasteiger partial charge in [0.15, 0.2) is 6.29 Å². The zero-order valence-corrected chi connectivity index (χ0v) is 10.9. The number of benzene rings is 2. The first-order chi connectivity index (χ1) is 9.74. The van der Waals surface area contributed by atoms with Gasteiger partial charge < -0.3 is 14.8 Å². The molecule has 4 heteroatoms. The normalized spacial score (nSPS) is 10.7. The van der Waals surface area contributed by atoms with E-state index in [0.717, 1.165) is 17.2 Å². The van der Waals surface area contributed by atoms with Crippen molar-refractivity contribution >= 4 is 17.2 Å². The van der Waals surface area contributed by atoms with Crippen LogP contribution in [0.5, 0.6) is 11.5 Å². The van der Waals surface area contributed by atoms with E-state index in [0.29, 0.717) is 22.6 Å². The number of ether oxygens (including phenoxy) is 1. The summed E-state index contributed by atoms with van der Waals surface area (Å²) in [6.45, 7) is 0. The first-order valence-electron chi connectivity index (χ1n) is 6.18. The summed E-state index contributed by atoms with van der Waals surface area (Å²) >= 11 is 0. The molecule has 20 heavy (non-hydrogen) atoms. The molecule has 0 aliphatic heterocycles. The number of carbonyl (C=O) groups excluding carboxylic acids is 1. The molecule has 0 spiro atoms. The average molecular weight is 267 g/mol. The molecular weight excluding hydrogens is 254 g/mol. The Bertz CT molecular complexity index is 790. The second-order valence-electron chi connectivity index (χ2n) is 4.46. The maximum atomic E-state index is 11.4. The van der Waals surface area contributed by atoms with Gasteiger partial charge in [-0.1, -0.05) is 12.1 Å². The van der Waals surface area contributed by atoms with Crippen LogP contribution in [0, 0.1) is 0 Å². The molecule has 4 nitrogen and oxygen atoms in total. The maximum absolute atomic E-state index is 11.4. The Kier molecular flexibility index (Phi) is 2.91. The first-order valence-corrected chi connectivity index (χ1v) is 6.18. The highest BCUT2D eigenvalue weighted by molar-refractivity contribution is 6.05. The van der Waals surface area contributed by atoms with Gasteiger partial charge in [-0.25, -0.2) is 0 Å². The number of aromatic amines is 1. The van der Waals surface area contributed by atoms with E-state index in [1.807, 2.05) is 18.2 Å². The fourth-order valence-electron chi connectivity index (χ4n) is 2.34. The third-order valence-electron chi connectivity index (χ3n) is 3.34. The summed E-state index contributed by atoms with van der Waals surface area (Å²) in [6.07, 6.45) is 0.792. The Morgan fingerprint density at radius 1 is 1.20 bits per heavy atom. The highest BCUT2D eigenvalue weighted by Crippen LogP contribution is 2.35. The van der Waals surface area contributed by atoms with Crippen molar-refractivity contribution in [2.75, 3.05) is 7.11 Å². The molecule has 0 radical (unpaired) electrons. The van der Waals surface area contributed by atoms with Crippen molar-refractivity contribution in [1.82, 2.24) is 4.98 Å². The van der Waals surface area contributed by atoms with Crippen molar-refractivity contribution in [2.24, 2.45) is 0 Å². The second kappa shape index (κ2) is 4.74. The highest BCUT2D eigenvalue weighted by atomic mass is 16.5. The number of rotatable bonds is 3. The third-order valence-corrected chi connectivity index (χ3v) is 3.34. The number of phenolic OH excluding ortho intramolecular Hbond substituents is 1. The summed E-state index contributed by atoms with van der Waals surface area (Å²) in [5.41, 5.74) is 2.55. The highest BCUT2D eigenvalue weighted by Gasteiger charge is 2.15. The van der Waals surface area contributed by atoms with E-state index in [9.17, 15) is 9.90 Å². The molecule has 1 heterocycles. The number of fused-ring (bicyclic) bond motifs is 1. The Morgan fingerprint density at radius 3 is 2.70 bits per heavy atom. The van der Waals surface area contributed by atoms with Crippen molar-refractivity contribution < 1.29 is 14.6 Å². The summed E-state index contributed by atoms with van der Waals surface area (Å²) in [6, 6.07) is 12.4. The van der Waals surface area contributed by atoms with Gasteiger partial charge in [0.25, 0.3) is 0 Å². The third kappa shape index (κ3) is 1.82. The number of nitrogens with one attached hydrogen (secondary N) is 1. The molecule has 0 amide bonds. The van der Waals surface area contributed by atoms with Crippen LogP contribution in [0.15, 0.2) is 42.5 Å². The number of aldehydes is 1. The topological polar surface area (TPSA) is 62.3 Å². The average Bonchev–Trinajstić information content (AvgIpc) is 2.84. The molecule has 0 fully saturated rings. The van der Waals surface area contributed by atoms with Crippen molar-refractivity contribution in [2.45, 2.75) is 0 Å². The Morgan fingerprint density at radius 2 is 2.00 bits per heavy atom. The van der Waals surface area contributed by atoms with Gasteiger partial charge in [0.1, 0.15) is 11.5 Å². The van der Waals surface area contributed by atoms with Crippen LogP contribution in [-0.2, 0) is 0 Å². The van der Waals surface area contributed by atoms with Gasteiger partial charge in [0.05, 0.1) is 12.8 Å². The smallest absolute Gasteiger partial charge is 0.152 e. The number of phenols is 1. The van der Waals surface area contributed by atoms with E-state index in [-0.39, 0.29) is 5.75 Å². The number of aromatic nitrogens is 1. The van der Waals surface area contributed by atoms with Crippen LogP contribution in [-0.4, -0.2) is 23.5 Å². The number of aromatic hydroxyl groups is 1. The molecule has 0 aliphatic rings. The summed E-state index contributed by atoms with van der Waals surface area (Å²) in [7, 11) is 1.58. The SMILES string of the molecule is COc1ccc2[nH]c(-c3ccccc3O)c(C=O)c2c1. The molecule has 3 aromatic rings. The predicted molar refractivity (Wildman–Crippen MR) is 77.3 cm³/mol. The molecule has 100 valence electrons. The summed E-state index contributed by atoms with van der Waals surface area (Å²) < 4.78 is 5.18. The molecule has 2 N–H and O–H groups in total. The molecular formula is C16H13NO3. The standard InChI is InChI=1S/C16H13NO3/c1-20-10-6-7-14-12(8-10)13(9-18)16(17-14)11-4-2-3-5-15(11)19/h2-9,17,19H,1H3. The monoisotopic (exact) mass is 267 g/mol. The molecule has 0 unspecified atom stereocenters. The van der Waals surface area contributed by atoms with Crippen LogP contribution in [0.1, 0.15) is 10.4 Å². The lowest BCUT2D eigenvalue weighted by Crippen LogP contribution is -1.85. The van der Waals surface area contributed by atoms with Crippen molar-refractivity contribution in [3.05, 3.63) is 48.0 Å². The minimum atomic E-state index is 0.133. The van der Waals surface area contributed by atoms with Crippen LogP contribution in [0.25, 0.3) is 22.2 Å². The zero-order valence-electron chi connectivity index (χ0n) is 10.9. The first kappa shape index (κ1) is 12.3. The lowest BCUT2D eigenvalue weighted by atomic mass is 10.1. The van der Waals surface area contributed by atoms with Gasteiger partial charge in [-0.05, 0) is 30.3 Å². The number of H-pyrrole nitrogens is 1. The predicted octanol–water partition coefficient (Wildman–Crippen LogP) is 3.36. The van der Waals surface area contributed by atoms with Crippen LogP contribution >= 0.6 is 0 Å². The number of hydrogen-bond acceptors (Lipinski definition) is 3. The fourth-order valence-corrected chi connectivity index (χ4v) is 2.34. The largest absolute Gasteiger partial charge is 0.507 e. The Hall–Kier alpha value is -2.75. The molecule has 0 bridgehead atoms. The minimum absolute atomic E-state index is 0.133. The molecule has 1 aromatic heterocycles. The summed E-state index contributed by atoms with van der Waals surface area (Å²) in [5.74, 6) is 0.817. The molecule has 0 saturated carbocycles. The van der Waals surface area contributed by atoms with Crippen LogP contribution in [0.4, 0.5) is 0 Å². The lowest BCUT2D eigenvalue weighted by Gasteiger charge is -2.02. The van der Waals surface area contributed by atoms with Gasteiger partial charge in [-0.2, -0.15) is 0 Å². The van der Waals surface area contributed by atoms with Gasteiger partial charge in [-0.15, -0.1) is 0 Å². The van der Waals surface area contributed by atoms with E-state index >= 15 is 0 Å². The van der Waals surface area contributed by atoms with E-state index in [4.69, 9.17) is 4.74 Å². The number of hydrogen-bond donors (Lipinski definition) is 2. The summed E-state index contributed by atoms with van der Waals surface area (Å²) in [4.78, 5) is 14.6. The quantitative estimate of drug-likeness (QED) is 0.715. The van der Waals surface area contributed by atoms with Crippen LogP contribution in [0.3, 0.4) is 0 Å². The number of carbonyl (C=O) groups is 1. The van der Waals surface area contributed by atoms with Crippen molar-refractivity contribution in [3.63, 3.8) is 0 Å². The van der Waals surface area contributed by atoms with Crippen molar-refractivity contribution in [1.29, 1.82) is 0 Å². The van der Waals surface area contributed by atoms with Gasteiger partial charge in [-0.3, -0.25) is 4.79 Å². The molecule has 0 atom stereocenters. The number of para-hydroxylation sites is 1. The van der Waals surface area contributed by atoms with Gasteiger partial charge in [0.2, 0.25) is 0 Å². The Labute approximate surface area is 115 Å². The summed E-state index contributed by atoms with van der Waals surface area (Å²) in [5, 5.41) is 10.7.